The number of hydrogen-bond acceptors (Lipinski definition) is 4. The van der Waals surface area contributed by atoms with Gasteiger partial charge in [-0.3, -0.25) is 9.59 Å². The van der Waals surface area contributed by atoms with Gasteiger partial charge in [0.25, 0.3) is 0 Å². The quantitative estimate of drug-likeness (QED) is 0.559. The van der Waals surface area contributed by atoms with E-state index in [2.05, 4.69) is 23.3 Å². The Morgan fingerprint density at radius 3 is 1.06 bits per heavy atom. The van der Waals surface area contributed by atoms with E-state index in [0.29, 0.717) is 13.2 Å². The van der Waals surface area contributed by atoms with Gasteiger partial charge < -0.3 is 9.47 Å². The van der Waals surface area contributed by atoms with Crippen LogP contribution in [0.2, 0.25) is 0 Å². The van der Waals surface area contributed by atoms with E-state index < -0.39 is 0 Å². The van der Waals surface area contributed by atoms with Gasteiger partial charge in [0.2, 0.25) is 0 Å². The highest BCUT2D eigenvalue weighted by molar-refractivity contribution is 5.66. The van der Waals surface area contributed by atoms with Crippen molar-refractivity contribution in [3.8, 4) is 0 Å². The Morgan fingerprint density at radius 1 is 0.722 bits per heavy atom. The van der Waals surface area contributed by atoms with Gasteiger partial charge in [0.05, 0.1) is 13.2 Å². The molecule has 4 heteroatoms. The Hall–Kier alpha value is -1.06. The first-order valence-electron chi connectivity index (χ1n) is 6.72. The number of unbranched alkanes of at least 4 members (excludes halogenated alkanes) is 3. The Morgan fingerprint density at radius 2 is 1.00 bits per heavy atom. The summed E-state index contributed by atoms with van der Waals surface area (Å²) in [7, 11) is 0. The highest BCUT2D eigenvalue weighted by atomic mass is 16.5. The lowest BCUT2D eigenvalue weighted by Crippen LogP contribution is -1.95. The predicted molar refractivity (Wildman–Crippen MR) is 74.4 cm³/mol. The second-order valence-electron chi connectivity index (χ2n) is 3.56. The van der Waals surface area contributed by atoms with E-state index in [-0.39, 0.29) is 11.9 Å². The molecule has 0 N–H and O–H groups in total. The number of esters is 2. The van der Waals surface area contributed by atoms with Crippen LogP contribution < -0.4 is 0 Å². The van der Waals surface area contributed by atoms with Crippen LogP contribution in [0.15, 0.2) is 0 Å². The zero-order chi connectivity index (χ0) is 14.8. The van der Waals surface area contributed by atoms with Crippen molar-refractivity contribution in [3.63, 3.8) is 0 Å². The zero-order valence-corrected chi connectivity index (χ0v) is 12.9. The minimum Gasteiger partial charge on any atom is -0.466 e. The van der Waals surface area contributed by atoms with E-state index in [1.165, 1.54) is 39.5 Å². The molecule has 0 aliphatic rings. The standard InChI is InChI=1S/C6H14.2C4H8O2/c1-3-5-6-4-2;2*1-3-6-4(2)5/h3-6H2,1-2H3;2*3H2,1-2H3. The molecular weight excluding hydrogens is 232 g/mol. The van der Waals surface area contributed by atoms with Crippen LogP contribution >= 0.6 is 0 Å². The van der Waals surface area contributed by atoms with E-state index in [1.54, 1.807) is 13.8 Å². The molecule has 0 aromatic carbocycles. The summed E-state index contributed by atoms with van der Waals surface area (Å²) >= 11 is 0. The van der Waals surface area contributed by atoms with Crippen LogP contribution in [0, 0.1) is 0 Å². The predicted octanol–water partition coefficient (Wildman–Crippen LogP) is 3.73. The molecule has 0 bridgehead atoms. The first-order chi connectivity index (χ1) is 8.45. The summed E-state index contributed by atoms with van der Waals surface area (Å²) in [6.07, 6.45) is 5.54. The van der Waals surface area contributed by atoms with Crippen molar-refractivity contribution >= 4 is 11.9 Å². The van der Waals surface area contributed by atoms with Crippen molar-refractivity contribution in [2.24, 2.45) is 0 Å². The maximum Gasteiger partial charge on any atom is 0.302 e. The summed E-state index contributed by atoms with van der Waals surface area (Å²) < 4.78 is 8.81. The van der Waals surface area contributed by atoms with E-state index in [0.717, 1.165) is 0 Å². The highest BCUT2D eigenvalue weighted by Crippen LogP contribution is 1.95. The lowest BCUT2D eigenvalue weighted by atomic mass is 10.2. The summed E-state index contributed by atoms with van der Waals surface area (Å²) in [6, 6.07) is 0. The molecule has 0 radical (unpaired) electrons. The van der Waals surface area contributed by atoms with Gasteiger partial charge in [0, 0.05) is 13.8 Å². The van der Waals surface area contributed by atoms with Crippen molar-refractivity contribution in [2.75, 3.05) is 13.2 Å². The summed E-state index contributed by atoms with van der Waals surface area (Å²) in [5, 5.41) is 0. The topological polar surface area (TPSA) is 52.6 Å². The third-order valence-corrected chi connectivity index (χ3v) is 1.65. The Bertz CT molecular complexity index is 159. The van der Waals surface area contributed by atoms with Crippen molar-refractivity contribution in [1.82, 2.24) is 0 Å². The van der Waals surface area contributed by atoms with E-state index >= 15 is 0 Å². The largest absolute Gasteiger partial charge is 0.466 e. The van der Waals surface area contributed by atoms with E-state index in [9.17, 15) is 9.59 Å². The molecule has 0 amide bonds. The Labute approximate surface area is 112 Å². The lowest BCUT2D eigenvalue weighted by molar-refractivity contribution is -0.141. The molecule has 0 rings (SSSR count). The number of ether oxygens (including phenoxy) is 2. The van der Waals surface area contributed by atoms with Crippen LogP contribution in [0.4, 0.5) is 0 Å². The van der Waals surface area contributed by atoms with E-state index in [4.69, 9.17) is 0 Å². The smallest absolute Gasteiger partial charge is 0.302 e. The Kier molecular flexibility index (Phi) is 26.1. The molecule has 0 aliphatic heterocycles. The van der Waals surface area contributed by atoms with Gasteiger partial charge in [-0.25, -0.2) is 0 Å². The van der Waals surface area contributed by atoms with Gasteiger partial charge in [-0.05, 0) is 13.8 Å². The van der Waals surface area contributed by atoms with Gasteiger partial charge in [0.15, 0.2) is 0 Å². The molecule has 0 fully saturated rings. The van der Waals surface area contributed by atoms with E-state index in [1.807, 2.05) is 0 Å². The van der Waals surface area contributed by atoms with Gasteiger partial charge in [-0.2, -0.15) is 0 Å². The maximum atomic E-state index is 9.82. The third-order valence-electron chi connectivity index (χ3n) is 1.65. The zero-order valence-electron chi connectivity index (χ0n) is 12.9. The van der Waals surface area contributed by atoms with Gasteiger partial charge in [0.1, 0.15) is 0 Å². The van der Waals surface area contributed by atoms with Gasteiger partial charge in [-0.15, -0.1) is 0 Å². The van der Waals surface area contributed by atoms with Crippen LogP contribution in [-0.2, 0) is 19.1 Å². The minimum absolute atomic E-state index is 0.211. The molecule has 0 aromatic heterocycles. The fourth-order valence-electron chi connectivity index (χ4n) is 0.907. The fourth-order valence-corrected chi connectivity index (χ4v) is 0.907. The Balaban J connectivity index is -0.000000187. The molecule has 0 aliphatic carbocycles. The summed E-state index contributed by atoms with van der Waals surface area (Å²) in [5.74, 6) is -0.421. The first kappa shape index (κ1) is 22.1. The molecule has 0 spiro atoms. The molecule has 110 valence electrons. The minimum atomic E-state index is -0.211. The van der Waals surface area contributed by atoms with Crippen molar-refractivity contribution in [2.45, 2.75) is 67.2 Å². The number of carbonyl (C=O) groups excluding carboxylic acids is 2. The van der Waals surface area contributed by atoms with Crippen molar-refractivity contribution in [3.05, 3.63) is 0 Å². The second-order valence-corrected chi connectivity index (χ2v) is 3.56. The number of rotatable bonds is 5. The second kappa shape index (κ2) is 21.2. The van der Waals surface area contributed by atoms with Crippen molar-refractivity contribution < 1.29 is 19.1 Å². The monoisotopic (exact) mass is 262 g/mol. The summed E-state index contributed by atoms with van der Waals surface area (Å²) in [5.41, 5.74) is 0. The van der Waals surface area contributed by atoms with Gasteiger partial charge in [-0.1, -0.05) is 39.5 Å². The lowest BCUT2D eigenvalue weighted by Gasteiger charge is -1.89. The summed E-state index contributed by atoms with van der Waals surface area (Å²) in [6.45, 7) is 11.8. The molecule has 0 saturated heterocycles. The molecule has 0 saturated carbocycles. The molecular formula is C14H30O4. The molecule has 0 atom stereocenters. The number of hydrogen-bond donors (Lipinski definition) is 0. The maximum absolute atomic E-state index is 9.82. The van der Waals surface area contributed by atoms with Crippen LogP contribution in [0.5, 0.6) is 0 Å². The molecule has 0 aromatic rings. The average Bonchev–Trinajstić information content (AvgIpc) is 2.27. The SMILES string of the molecule is CCCCCC.CCOC(C)=O.CCOC(C)=O. The highest BCUT2D eigenvalue weighted by Gasteiger charge is 1.82. The van der Waals surface area contributed by atoms with Gasteiger partial charge >= 0.3 is 11.9 Å². The molecule has 18 heavy (non-hydrogen) atoms. The molecule has 0 unspecified atom stereocenters. The molecule has 0 heterocycles. The van der Waals surface area contributed by atoms with Crippen LogP contribution in [0.25, 0.3) is 0 Å². The van der Waals surface area contributed by atoms with Crippen molar-refractivity contribution in [1.29, 1.82) is 0 Å². The third kappa shape index (κ3) is 46.1. The fraction of sp³-hybridized carbons (Fsp3) is 0.857. The first-order valence-corrected chi connectivity index (χ1v) is 6.72. The number of carbonyl (C=O) groups is 2. The average molecular weight is 262 g/mol. The van der Waals surface area contributed by atoms with Crippen LogP contribution in [0.3, 0.4) is 0 Å². The van der Waals surface area contributed by atoms with Crippen LogP contribution in [0.1, 0.15) is 67.2 Å². The van der Waals surface area contributed by atoms with Crippen LogP contribution in [-0.4, -0.2) is 25.2 Å². The normalized spacial score (nSPS) is 8.11. The summed E-state index contributed by atoms with van der Waals surface area (Å²) in [4.78, 5) is 19.6. The molecule has 4 nitrogen and oxygen atoms in total.